The van der Waals surface area contributed by atoms with E-state index in [4.69, 9.17) is 14.9 Å². The van der Waals surface area contributed by atoms with Gasteiger partial charge < -0.3 is 14.9 Å². The zero-order chi connectivity index (χ0) is 11.5. The highest BCUT2D eigenvalue weighted by atomic mass is 79.9. The van der Waals surface area contributed by atoms with Crippen LogP contribution in [0.5, 0.6) is 0 Å². The molecule has 0 bridgehead atoms. The molecule has 0 saturated carbocycles. The van der Waals surface area contributed by atoms with E-state index in [1.165, 1.54) is 0 Å². The second-order valence-electron chi connectivity index (χ2n) is 3.14. The van der Waals surface area contributed by atoms with Crippen LogP contribution in [0, 0.1) is 0 Å². The predicted octanol–water partition coefficient (Wildman–Crippen LogP) is 2.23. The van der Waals surface area contributed by atoms with Gasteiger partial charge in [-0.15, -0.1) is 0 Å². The Labute approximate surface area is 101 Å². The summed E-state index contributed by atoms with van der Waals surface area (Å²) in [7, 11) is 1.60. The summed E-state index contributed by atoms with van der Waals surface area (Å²) < 4.78 is 10.7. The van der Waals surface area contributed by atoms with Gasteiger partial charge in [-0.25, -0.2) is 9.97 Å². The van der Waals surface area contributed by atoms with E-state index >= 15 is 0 Å². The first-order chi connectivity index (χ1) is 7.72. The van der Waals surface area contributed by atoms with Crippen LogP contribution in [0.2, 0.25) is 0 Å². The SMILES string of the molecule is COCc1nc(-c2ccoc2)nc(N)c1Br. The molecule has 0 saturated heterocycles. The van der Waals surface area contributed by atoms with E-state index in [1.54, 1.807) is 25.7 Å². The molecular formula is C10H10BrN3O2. The van der Waals surface area contributed by atoms with Gasteiger partial charge in [0.1, 0.15) is 12.1 Å². The van der Waals surface area contributed by atoms with Crippen LogP contribution in [0.25, 0.3) is 11.4 Å². The number of ether oxygens (including phenoxy) is 1. The second-order valence-corrected chi connectivity index (χ2v) is 3.93. The number of anilines is 1. The van der Waals surface area contributed by atoms with E-state index in [0.29, 0.717) is 28.4 Å². The Morgan fingerprint density at radius 1 is 1.50 bits per heavy atom. The number of nitrogens with two attached hydrogens (primary N) is 1. The van der Waals surface area contributed by atoms with Crippen LogP contribution in [0.3, 0.4) is 0 Å². The summed E-state index contributed by atoms with van der Waals surface area (Å²) in [6.45, 7) is 0.373. The summed E-state index contributed by atoms with van der Waals surface area (Å²) in [5, 5.41) is 0. The summed E-state index contributed by atoms with van der Waals surface area (Å²) in [5.74, 6) is 0.916. The van der Waals surface area contributed by atoms with Crippen LogP contribution in [-0.2, 0) is 11.3 Å². The highest BCUT2D eigenvalue weighted by Crippen LogP contribution is 2.25. The first-order valence-corrected chi connectivity index (χ1v) is 5.35. The molecule has 84 valence electrons. The van der Waals surface area contributed by atoms with Crippen LogP contribution < -0.4 is 5.73 Å². The summed E-state index contributed by atoms with van der Waals surface area (Å²) in [6, 6.07) is 1.78. The molecule has 0 aliphatic rings. The minimum atomic E-state index is 0.373. The number of nitrogen functional groups attached to an aromatic ring is 1. The Morgan fingerprint density at radius 2 is 2.31 bits per heavy atom. The molecule has 2 aromatic rings. The van der Waals surface area contributed by atoms with Crippen LogP contribution in [0.1, 0.15) is 5.69 Å². The van der Waals surface area contributed by atoms with Crippen LogP contribution in [0.4, 0.5) is 5.82 Å². The van der Waals surface area contributed by atoms with Crippen molar-refractivity contribution < 1.29 is 9.15 Å². The van der Waals surface area contributed by atoms with Crippen molar-refractivity contribution in [3.8, 4) is 11.4 Å². The number of halogens is 1. The van der Waals surface area contributed by atoms with E-state index in [2.05, 4.69) is 25.9 Å². The maximum absolute atomic E-state index is 5.77. The predicted molar refractivity (Wildman–Crippen MR) is 62.6 cm³/mol. The van der Waals surface area contributed by atoms with Gasteiger partial charge in [-0.05, 0) is 22.0 Å². The largest absolute Gasteiger partial charge is 0.472 e. The van der Waals surface area contributed by atoms with Crippen molar-refractivity contribution in [3.63, 3.8) is 0 Å². The van der Waals surface area contributed by atoms with Crippen molar-refractivity contribution in [1.82, 2.24) is 9.97 Å². The fourth-order valence-corrected chi connectivity index (χ4v) is 1.56. The van der Waals surface area contributed by atoms with E-state index < -0.39 is 0 Å². The molecule has 0 radical (unpaired) electrons. The first-order valence-electron chi connectivity index (χ1n) is 4.55. The van der Waals surface area contributed by atoms with Gasteiger partial charge in [0.25, 0.3) is 0 Å². The average Bonchev–Trinajstić information content (AvgIpc) is 2.78. The molecule has 0 spiro atoms. The van der Waals surface area contributed by atoms with Gasteiger partial charge in [-0.2, -0.15) is 0 Å². The zero-order valence-electron chi connectivity index (χ0n) is 8.61. The molecule has 0 aliphatic carbocycles. The van der Waals surface area contributed by atoms with E-state index in [1.807, 2.05) is 0 Å². The van der Waals surface area contributed by atoms with Gasteiger partial charge in [0.15, 0.2) is 5.82 Å². The molecule has 2 N–H and O–H groups in total. The third-order valence-corrected chi connectivity index (χ3v) is 2.87. The van der Waals surface area contributed by atoms with Crippen LogP contribution in [-0.4, -0.2) is 17.1 Å². The van der Waals surface area contributed by atoms with Gasteiger partial charge in [0.2, 0.25) is 0 Å². The minimum Gasteiger partial charge on any atom is -0.472 e. The average molecular weight is 284 g/mol. The lowest BCUT2D eigenvalue weighted by Crippen LogP contribution is -2.03. The summed E-state index contributed by atoms with van der Waals surface area (Å²) in [6.07, 6.45) is 3.13. The zero-order valence-corrected chi connectivity index (χ0v) is 10.2. The van der Waals surface area contributed by atoms with Gasteiger partial charge >= 0.3 is 0 Å². The van der Waals surface area contributed by atoms with E-state index in [0.717, 1.165) is 5.56 Å². The molecular weight excluding hydrogens is 274 g/mol. The molecule has 0 aromatic carbocycles. The van der Waals surface area contributed by atoms with Crippen molar-refractivity contribution in [2.75, 3.05) is 12.8 Å². The molecule has 2 aromatic heterocycles. The molecule has 6 heteroatoms. The first kappa shape index (κ1) is 11.1. The summed E-state index contributed by atoms with van der Waals surface area (Å²) >= 11 is 3.33. The van der Waals surface area contributed by atoms with Crippen LogP contribution in [0.15, 0.2) is 27.5 Å². The standard InChI is InChI=1S/C10H10BrN3O2/c1-15-5-7-8(11)9(12)14-10(13-7)6-2-3-16-4-6/h2-4H,5H2,1H3,(H2,12,13,14). The minimum absolute atomic E-state index is 0.373. The van der Waals surface area contributed by atoms with Crippen LogP contribution >= 0.6 is 15.9 Å². The van der Waals surface area contributed by atoms with Crippen molar-refractivity contribution in [2.45, 2.75) is 6.61 Å². The lowest BCUT2D eigenvalue weighted by Gasteiger charge is -2.06. The quantitative estimate of drug-likeness (QED) is 0.935. The van der Waals surface area contributed by atoms with Crippen molar-refractivity contribution >= 4 is 21.7 Å². The Kier molecular flexibility index (Phi) is 3.21. The number of furan rings is 1. The van der Waals surface area contributed by atoms with Crippen molar-refractivity contribution in [1.29, 1.82) is 0 Å². The number of hydrogen-bond donors (Lipinski definition) is 1. The molecule has 0 amide bonds. The molecule has 5 nitrogen and oxygen atoms in total. The maximum Gasteiger partial charge on any atom is 0.165 e. The fraction of sp³-hybridized carbons (Fsp3) is 0.200. The molecule has 16 heavy (non-hydrogen) atoms. The molecule has 0 aliphatic heterocycles. The number of aromatic nitrogens is 2. The molecule has 0 atom stereocenters. The lowest BCUT2D eigenvalue weighted by molar-refractivity contribution is 0.181. The van der Waals surface area contributed by atoms with E-state index in [9.17, 15) is 0 Å². The number of methoxy groups -OCH3 is 1. The number of rotatable bonds is 3. The lowest BCUT2D eigenvalue weighted by atomic mass is 10.3. The van der Waals surface area contributed by atoms with Crippen molar-refractivity contribution in [3.05, 3.63) is 28.8 Å². The number of hydrogen-bond acceptors (Lipinski definition) is 5. The Bertz CT molecular complexity index is 485. The highest BCUT2D eigenvalue weighted by Gasteiger charge is 2.11. The maximum atomic E-state index is 5.77. The van der Waals surface area contributed by atoms with E-state index in [-0.39, 0.29) is 0 Å². The van der Waals surface area contributed by atoms with Gasteiger partial charge in [-0.3, -0.25) is 0 Å². The Morgan fingerprint density at radius 3 is 2.94 bits per heavy atom. The highest BCUT2D eigenvalue weighted by molar-refractivity contribution is 9.10. The Balaban J connectivity index is 2.48. The third kappa shape index (κ3) is 2.07. The summed E-state index contributed by atoms with van der Waals surface area (Å²) in [5.41, 5.74) is 7.28. The molecule has 2 rings (SSSR count). The topological polar surface area (TPSA) is 74.2 Å². The molecule has 0 unspecified atom stereocenters. The smallest absolute Gasteiger partial charge is 0.165 e. The number of nitrogens with zero attached hydrogens (tertiary/aromatic N) is 2. The second kappa shape index (κ2) is 4.63. The molecule has 0 fully saturated rings. The van der Waals surface area contributed by atoms with Gasteiger partial charge in [-0.1, -0.05) is 0 Å². The normalized spacial score (nSPS) is 10.6. The van der Waals surface area contributed by atoms with Gasteiger partial charge in [0, 0.05) is 7.11 Å². The van der Waals surface area contributed by atoms with Gasteiger partial charge in [0.05, 0.1) is 28.6 Å². The summed E-state index contributed by atoms with van der Waals surface area (Å²) in [4.78, 5) is 8.50. The monoisotopic (exact) mass is 283 g/mol. The third-order valence-electron chi connectivity index (χ3n) is 2.01. The molecule has 2 heterocycles. The Hall–Kier alpha value is -1.40. The van der Waals surface area contributed by atoms with Crippen molar-refractivity contribution in [2.24, 2.45) is 0 Å². The fourth-order valence-electron chi connectivity index (χ4n) is 1.27.